The number of esters is 1. The van der Waals surface area contributed by atoms with Gasteiger partial charge in [-0.15, -0.1) is 0 Å². The molecule has 24 atom stereocenters. The van der Waals surface area contributed by atoms with E-state index in [0.717, 1.165) is 0 Å². The molecule has 0 bridgehead atoms. The van der Waals surface area contributed by atoms with Crippen LogP contribution in [0.5, 0.6) is 5.75 Å². The summed E-state index contributed by atoms with van der Waals surface area (Å²) in [5.41, 5.74) is -8.31. The minimum Gasteiger partial charge on any atom is -0.508 e. The smallest absolute Gasteiger partial charge is 0.407 e. The number of ketones is 2. The molecule has 101 heavy (non-hydrogen) atoms. The van der Waals surface area contributed by atoms with E-state index in [0.29, 0.717) is 19.3 Å². The molecule has 7 rings (SSSR count). The molecule has 31 nitrogen and oxygen atoms in total. The van der Waals surface area contributed by atoms with Crippen molar-refractivity contribution in [3.8, 4) is 5.75 Å². The minimum absolute atomic E-state index is 0.0354. The van der Waals surface area contributed by atoms with Crippen molar-refractivity contribution in [1.29, 1.82) is 0 Å². The highest BCUT2D eigenvalue weighted by Gasteiger charge is 2.67. The lowest BCUT2D eigenvalue weighted by Gasteiger charge is -2.53. The fourth-order valence-corrected chi connectivity index (χ4v) is 16.1. The molecular formula is C70H111N7O24. The second kappa shape index (κ2) is 31.2. The predicted octanol–water partition coefficient (Wildman–Crippen LogP) is 3.39. The molecule has 1 saturated carbocycles. The highest BCUT2D eigenvalue weighted by molar-refractivity contribution is 6.24. The number of methoxy groups -OCH3 is 1. The molecule has 15 N–H and O–H groups in total. The van der Waals surface area contributed by atoms with Gasteiger partial charge in [-0.1, -0.05) is 33.8 Å². The van der Waals surface area contributed by atoms with E-state index in [-0.39, 0.29) is 50.0 Å². The molecule has 1 aromatic carbocycles. The Kier molecular flexibility index (Phi) is 25.3. The lowest BCUT2D eigenvalue weighted by molar-refractivity contribution is -0.318. The van der Waals surface area contributed by atoms with Gasteiger partial charge in [0.25, 0.3) is 5.91 Å². The monoisotopic (exact) mass is 1430 g/mol. The maximum Gasteiger partial charge on any atom is 0.407 e. The maximum atomic E-state index is 14.8. The van der Waals surface area contributed by atoms with Gasteiger partial charge in [-0.2, -0.15) is 0 Å². The highest BCUT2D eigenvalue weighted by Crippen LogP contribution is 2.58. The van der Waals surface area contributed by atoms with Gasteiger partial charge in [0, 0.05) is 67.9 Å². The van der Waals surface area contributed by atoms with Crippen LogP contribution < -0.4 is 27.0 Å². The predicted molar refractivity (Wildman–Crippen MR) is 363 cm³/mol. The number of aliphatic hydroxyl groups is 8. The number of likely N-dealkylation sites (N-methyl/N-ethyl adjacent to an activating group) is 2. The Balaban J connectivity index is 1.04. The first-order valence-corrected chi connectivity index (χ1v) is 34.7. The minimum atomic E-state index is -2.96. The number of aliphatic hydroxyl groups excluding tert-OH is 4. The SMILES string of the molecule is CC[C@H]1OC(=O)[C@H](C)[C@@H](OC2CC(C)(OC)C(OC(=O)NCCCCNC(=O)Nc3ccc4c(c3O)C(O)=C3C(=O)[C@]5(O)C(O)=C(C(N)=O)C(=O)[C@@H](N(C)C)[C@@H]5C[C@@H]3[C@]4(C)O)C(C)O2)[C@H](C)[C@@H](OC2OC(C)CC(N(C)C)C2O)[C@](C)(O)C[C@@H](C)[C@H](NC(=O)OC(C)(C)C)[C@H](C)[C@@H](O)[C@]1(C)O. The van der Waals surface area contributed by atoms with Crippen molar-refractivity contribution < 1.29 is 117 Å². The number of aromatic hydroxyl groups is 1. The first-order valence-electron chi connectivity index (χ1n) is 34.7. The van der Waals surface area contributed by atoms with Crippen LogP contribution in [-0.2, 0) is 62.7 Å². The molecule has 4 fully saturated rings. The van der Waals surface area contributed by atoms with Crippen molar-refractivity contribution in [2.75, 3.05) is 53.7 Å². The third-order valence-corrected chi connectivity index (χ3v) is 21.5. The Morgan fingerprint density at radius 1 is 0.802 bits per heavy atom. The van der Waals surface area contributed by atoms with Crippen LogP contribution in [0.25, 0.3) is 5.76 Å². The number of ether oxygens (including phenoxy) is 8. The maximum absolute atomic E-state index is 14.8. The van der Waals surface area contributed by atoms with Crippen molar-refractivity contribution in [3.05, 3.63) is 40.2 Å². The van der Waals surface area contributed by atoms with Crippen LogP contribution in [0, 0.1) is 35.5 Å². The number of fused-ring (bicyclic) bond motifs is 3. The zero-order valence-electron chi connectivity index (χ0n) is 61.6. The summed E-state index contributed by atoms with van der Waals surface area (Å²) in [6.07, 6.45) is -13.0. The second-order valence-electron chi connectivity index (χ2n) is 30.9. The number of unbranched alkanes of at least 4 members (excludes halogenated alkanes) is 1. The van der Waals surface area contributed by atoms with Crippen molar-refractivity contribution in [1.82, 2.24) is 25.8 Å². The van der Waals surface area contributed by atoms with Crippen LogP contribution >= 0.6 is 0 Å². The number of cyclic esters (lactones) is 1. The molecule has 0 radical (unpaired) electrons. The molecule has 3 saturated heterocycles. The average Bonchev–Trinajstić information content (AvgIpc) is 0.688. The molecule has 8 unspecified atom stereocenters. The van der Waals surface area contributed by atoms with Gasteiger partial charge in [0.15, 0.2) is 30.1 Å². The quantitative estimate of drug-likeness (QED) is 0.0349. The molecule has 1 aromatic rings. The van der Waals surface area contributed by atoms with E-state index in [1.54, 1.807) is 69.2 Å². The summed E-state index contributed by atoms with van der Waals surface area (Å²) in [5, 5.41) is 119. The zero-order chi connectivity index (χ0) is 76.0. The Morgan fingerprint density at radius 2 is 1.43 bits per heavy atom. The first kappa shape index (κ1) is 82.0. The van der Waals surface area contributed by atoms with Crippen molar-refractivity contribution in [2.24, 2.45) is 41.2 Å². The number of alkyl carbamates (subject to hydrolysis) is 2. The molecule has 0 spiro atoms. The molecule has 3 heterocycles. The third-order valence-electron chi connectivity index (χ3n) is 21.5. The fraction of sp³-hybridized carbons (Fsp3) is 0.757. The molecule has 31 heteroatoms. The molecule has 5 amide bonds. The van der Waals surface area contributed by atoms with Crippen molar-refractivity contribution in [2.45, 2.75) is 255 Å². The summed E-state index contributed by atoms with van der Waals surface area (Å²) in [7, 11) is 7.94. The number of nitrogens with two attached hydrogens (primary N) is 1. The van der Waals surface area contributed by atoms with E-state index >= 15 is 0 Å². The number of Topliss-reactive ketones (excluding diaryl/α,β-unsaturated/α-hetero) is 2. The summed E-state index contributed by atoms with van der Waals surface area (Å²) < 4.78 is 50.5. The largest absolute Gasteiger partial charge is 0.508 e. The number of primary amides is 1. The summed E-state index contributed by atoms with van der Waals surface area (Å²) >= 11 is 0. The number of nitrogens with one attached hydrogen (secondary N) is 4. The molecular weight excluding hydrogens is 1320 g/mol. The first-order chi connectivity index (χ1) is 46.6. The Bertz CT molecular complexity index is 3300. The van der Waals surface area contributed by atoms with Crippen LogP contribution in [0.2, 0.25) is 0 Å². The number of amides is 5. The summed E-state index contributed by atoms with van der Waals surface area (Å²) in [6.45, 7) is 22.8. The van der Waals surface area contributed by atoms with Gasteiger partial charge in [-0.25, -0.2) is 14.4 Å². The van der Waals surface area contributed by atoms with Gasteiger partial charge in [-0.05, 0) is 154 Å². The third kappa shape index (κ3) is 16.6. The van der Waals surface area contributed by atoms with Gasteiger partial charge < -0.3 is 116 Å². The second-order valence-corrected chi connectivity index (χ2v) is 30.9. The van der Waals surface area contributed by atoms with Crippen LogP contribution in [0.15, 0.2) is 29.0 Å². The number of hydrogen-bond donors (Lipinski definition) is 14. The molecule has 570 valence electrons. The molecule has 3 aliphatic carbocycles. The van der Waals surface area contributed by atoms with E-state index in [4.69, 9.17) is 43.6 Å². The number of rotatable bonds is 17. The number of nitrogens with zero attached hydrogens (tertiary/aromatic N) is 2. The topological polar surface area (TPSA) is 456 Å². The summed E-state index contributed by atoms with van der Waals surface area (Å²) in [5.74, 6) is -14.2. The number of anilines is 1. The van der Waals surface area contributed by atoms with Crippen LogP contribution in [0.4, 0.5) is 20.1 Å². The van der Waals surface area contributed by atoms with Gasteiger partial charge in [-0.3, -0.25) is 24.1 Å². The molecule has 3 aliphatic heterocycles. The lowest BCUT2D eigenvalue weighted by atomic mass is 9.54. The average molecular weight is 1430 g/mol. The lowest BCUT2D eigenvalue weighted by Crippen LogP contribution is -2.67. The van der Waals surface area contributed by atoms with E-state index in [1.165, 1.54) is 59.0 Å². The van der Waals surface area contributed by atoms with E-state index in [2.05, 4.69) is 21.3 Å². The Morgan fingerprint density at radius 3 is 2.00 bits per heavy atom. The zero-order valence-corrected chi connectivity index (χ0v) is 61.6. The van der Waals surface area contributed by atoms with Crippen LogP contribution in [0.3, 0.4) is 0 Å². The van der Waals surface area contributed by atoms with Crippen LogP contribution in [-0.4, -0.2) is 253 Å². The number of carbonyl (C=O) groups excluding carboxylic acids is 7. The number of phenolic OH excluding ortho intramolecular Hbond substituents is 1. The summed E-state index contributed by atoms with van der Waals surface area (Å²) in [6, 6.07) is -1.06. The summed E-state index contributed by atoms with van der Waals surface area (Å²) in [4.78, 5) is 98.9. The number of benzene rings is 1. The van der Waals surface area contributed by atoms with E-state index < -0.39 is 224 Å². The van der Waals surface area contributed by atoms with Crippen LogP contribution in [0.1, 0.15) is 153 Å². The van der Waals surface area contributed by atoms with Gasteiger partial charge in [0.05, 0.1) is 64.9 Å². The molecule has 0 aromatic heterocycles. The number of urea groups is 1. The Hall–Kier alpha value is -6.33. The highest BCUT2D eigenvalue weighted by atomic mass is 16.7. The number of hydrogen-bond acceptors (Lipinski definition) is 26. The normalized spacial score (nSPS) is 38.9. The van der Waals surface area contributed by atoms with E-state index in [1.807, 2.05) is 25.9 Å². The number of carbonyl (C=O) groups is 7. The fourth-order valence-electron chi connectivity index (χ4n) is 16.1. The molecule has 6 aliphatic rings. The van der Waals surface area contributed by atoms with Crippen molar-refractivity contribution in [3.63, 3.8) is 0 Å². The van der Waals surface area contributed by atoms with Gasteiger partial charge >= 0.3 is 24.2 Å². The number of phenols is 1. The van der Waals surface area contributed by atoms with Gasteiger partial charge in [0.1, 0.15) is 51.9 Å². The van der Waals surface area contributed by atoms with Gasteiger partial charge in [0.2, 0.25) is 5.78 Å². The Labute approximate surface area is 590 Å². The van der Waals surface area contributed by atoms with E-state index in [9.17, 15) is 79.5 Å². The standard InChI is InChI=1S/C70H111N7O24/c1-20-42-69(14,92)54(82)33(4)47(75-64(89)101-65(8,9)10)31(2)29-66(11,90)57(99-61-50(79)41(76(15)16)27-32(3)95-61)34(5)53(35(6)60(86)97-42)98-43-30-67(12,94-19)58(36(7)96-43)100-63(88)73-26-22-21-25-72-62(87)74-40-24-23-37-44(49(40)78)51(80)45-38(68(37,13)91)28-39-48(77(17)18)52(81)46(59(71)85)56(84)70(39,93)55(45)83/h23-24,31-36,38-39,41-43,47-48,50,53-54,57-58,61,78-80,82,84,90-93H,20-22,25-30H2,1-19H3,(H2,71,85)(H,73,88)(H,75,89)(H2,72,74,87)/t31-,32?,33+,34+,35-,36?,38+,39+,41?,42-,43?,47+,48+,50?,53+,54-,57-,58?,61?,66-,67?,68-,69-,70+/m1/s1. The van der Waals surface area contributed by atoms with Crippen molar-refractivity contribution >= 4 is 53.1 Å².